The molecule has 168 valence electrons. The highest BCUT2D eigenvalue weighted by Crippen LogP contribution is 2.28. The first-order valence-corrected chi connectivity index (χ1v) is 11.0. The largest absolute Gasteiger partial charge is 0.379 e. The second-order valence-electron chi connectivity index (χ2n) is 8.00. The van der Waals surface area contributed by atoms with Gasteiger partial charge in [-0.3, -0.25) is 9.59 Å². The number of rotatable bonds is 10. The fourth-order valence-corrected chi connectivity index (χ4v) is 3.58. The molecule has 2 aromatic carbocycles. The molecule has 0 atom stereocenters. The highest BCUT2D eigenvalue weighted by molar-refractivity contribution is 6.18. The third-order valence-electron chi connectivity index (χ3n) is 5.20. The van der Waals surface area contributed by atoms with E-state index in [1.165, 1.54) is 6.33 Å². The van der Waals surface area contributed by atoms with E-state index in [2.05, 4.69) is 20.3 Å². The van der Waals surface area contributed by atoms with Crippen LogP contribution in [0.3, 0.4) is 0 Å². The van der Waals surface area contributed by atoms with E-state index in [9.17, 15) is 9.59 Å². The third-order valence-corrected chi connectivity index (χ3v) is 5.20. The maximum absolute atomic E-state index is 13.1. The minimum atomic E-state index is -0.118. The molecule has 0 aliphatic heterocycles. The monoisotopic (exact) mass is 442 g/mol. The van der Waals surface area contributed by atoms with Gasteiger partial charge in [-0.1, -0.05) is 42.5 Å². The Bertz CT molecular complexity index is 1270. The van der Waals surface area contributed by atoms with Crippen molar-refractivity contribution >= 4 is 34.1 Å². The first kappa shape index (κ1) is 22.4. The van der Waals surface area contributed by atoms with Crippen LogP contribution in [0.4, 0.5) is 11.5 Å². The lowest BCUT2D eigenvalue weighted by atomic mass is 10.0. The maximum atomic E-state index is 13.1. The van der Waals surface area contributed by atoms with Crippen molar-refractivity contribution in [2.75, 3.05) is 11.9 Å². The van der Waals surface area contributed by atoms with E-state index in [0.717, 1.165) is 0 Å². The molecule has 0 spiro atoms. The van der Waals surface area contributed by atoms with Gasteiger partial charge in [0.25, 0.3) is 0 Å². The number of anilines is 2. The molecule has 0 saturated heterocycles. The van der Waals surface area contributed by atoms with Crippen LogP contribution in [0.15, 0.2) is 67.1 Å². The zero-order valence-corrected chi connectivity index (χ0v) is 18.7. The predicted octanol–water partition coefficient (Wildman–Crippen LogP) is 5.32. The Morgan fingerprint density at radius 2 is 1.82 bits per heavy atom. The summed E-state index contributed by atoms with van der Waals surface area (Å²) in [6.45, 7) is 4.51. The van der Waals surface area contributed by atoms with Gasteiger partial charge in [-0.05, 0) is 32.4 Å². The van der Waals surface area contributed by atoms with E-state index >= 15 is 0 Å². The highest BCUT2D eigenvalue weighted by atomic mass is 16.5. The number of benzene rings is 2. The summed E-state index contributed by atoms with van der Waals surface area (Å²) in [5.41, 5.74) is 2.95. The molecule has 7 heteroatoms. The molecule has 4 rings (SSSR count). The van der Waals surface area contributed by atoms with Gasteiger partial charge in [-0.15, -0.1) is 0 Å². The average molecular weight is 443 g/mol. The van der Waals surface area contributed by atoms with Crippen LogP contribution in [0.5, 0.6) is 0 Å². The van der Waals surface area contributed by atoms with Gasteiger partial charge in [-0.25, -0.2) is 9.97 Å². The van der Waals surface area contributed by atoms with Gasteiger partial charge in [0.1, 0.15) is 17.8 Å². The number of aromatic nitrogens is 3. The number of nitrogens with zero attached hydrogens (tertiary/aromatic N) is 2. The predicted molar refractivity (Wildman–Crippen MR) is 128 cm³/mol. The quantitative estimate of drug-likeness (QED) is 0.255. The molecule has 4 aromatic rings. The van der Waals surface area contributed by atoms with E-state index < -0.39 is 0 Å². The zero-order chi connectivity index (χ0) is 23.2. The molecule has 0 unspecified atom stereocenters. The molecule has 2 heterocycles. The number of ketones is 2. The van der Waals surface area contributed by atoms with Crippen molar-refractivity contribution in [1.82, 2.24) is 15.0 Å². The minimum Gasteiger partial charge on any atom is -0.379 e. The number of ether oxygens (including phenoxy) is 1. The number of H-pyrrole nitrogens is 1. The Morgan fingerprint density at radius 1 is 1.03 bits per heavy atom. The fraction of sp³-hybridized carbons (Fsp3) is 0.231. The summed E-state index contributed by atoms with van der Waals surface area (Å²) < 4.78 is 5.52. The molecule has 7 nitrogen and oxygen atoms in total. The molecule has 2 aromatic heterocycles. The topological polar surface area (TPSA) is 97.0 Å². The van der Waals surface area contributed by atoms with Crippen molar-refractivity contribution in [2.45, 2.75) is 32.8 Å². The SMILES string of the molecule is CC(C)OCCCC(=O)c1cccc(Nc2ncnc3[nH]cc(C(=O)c4ccccc4)c23)c1. The molecule has 33 heavy (non-hydrogen) atoms. The number of fused-ring (bicyclic) bond motifs is 1. The molecule has 2 N–H and O–H groups in total. The summed E-state index contributed by atoms with van der Waals surface area (Å²) in [7, 11) is 0. The van der Waals surface area contributed by atoms with Gasteiger partial charge in [0.15, 0.2) is 11.6 Å². The van der Waals surface area contributed by atoms with Crippen molar-refractivity contribution in [3.05, 3.63) is 83.8 Å². The first-order chi connectivity index (χ1) is 16.0. The van der Waals surface area contributed by atoms with Gasteiger partial charge >= 0.3 is 0 Å². The molecule has 0 amide bonds. The van der Waals surface area contributed by atoms with Crippen LogP contribution in [0, 0.1) is 0 Å². The smallest absolute Gasteiger partial charge is 0.195 e. The third kappa shape index (κ3) is 5.32. The van der Waals surface area contributed by atoms with E-state index in [-0.39, 0.29) is 17.7 Å². The van der Waals surface area contributed by atoms with Gasteiger partial charge in [0.2, 0.25) is 0 Å². The first-order valence-electron chi connectivity index (χ1n) is 11.0. The molecule has 0 saturated carbocycles. The Hall–Kier alpha value is -3.84. The van der Waals surface area contributed by atoms with Crippen molar-refractivity contribution in [3.8, 4) is 0 Å². The standard InChI is InChI=1S/C26H26N4O3/c1-17(2)33-13-7-12-22(31)19-10-6-11-20(14-19)30-26-23-21(15-27-25(23)28-16-29-26)24(32)18-8-4-3-5-9-18/h3-6,8-11,14-17H,7,12-13H2,1-2H3,(H2,27,28,29,30). The van der Waals surface area contributed by atoms with Crippen LogP contribution in [-0.4, -0.2) is 39.2 Å². The Morgan fingerprint density at radius 3 is 2.61 bits per heavy atom. The molecule has 0 radical (unpaired) electrons. The van der Waals surface area contributed by atoms with Crippen LogP contribution in [-0.2, 0) is 4.74 Å². The highest BCUT2D eigenvalue weighted by Gasteiger charge is 2.18. The van der Waals surface area contributed by atoms with E-state index in [4.69, 9.17) is 4.74 Å². The van der Waals surface area contributed by atoms with Gasteiger partial charge in [-0.2, -0.15) is 0 Å². The lowest BCUT2D eigenvalue weighted by Crippen LogP contribution is -2.07. The summed E-state index contributed by atoms with van der Waals surface area (Å²) >= 11 is 0. The molecular formula is C26H26N4O3. The number of aromatic amines is 1. The minimum absolute atomic E-state index is 0.0560. The van der Waals surface area contributed by atoms with E-state index in [1.54, 1.807) is 30.5 Å². The Balaban J connectivity index is 1.56. The van der Waals surface area contributed by atoms with Gasteiger partial charge in [0.05, 0.1) is 17.1 Å². The number of nitrogens with one attached hydrogen (secondary N) is 2. The second-order valence-corrected chi connectivity index (χ2v) is 8.00. The lowest BCUT2D eigenvalue weighted by molar-refractivity contribution is 0.0721. The second kappa shape index (κ2) is 10.2. The zero-order valence-electron chi connectivity index (χ0n) is 18.7. The van der Waals surface area contributed by atoms with Crippen molar-refractivity contribution in [3.63, 3.8) is 0 Å². The van der Waals surface area contributed by atoms with Gasteiger partial charge in [0, 0.05) is 36.0 Å². The van der Waals surface area contributed by atoms with Crippen molar-refractivity contribution in [1.29, 1.82) is 0 Å². The molecule has 0 bridgehead atoms. The Kier molecular flexibility index (Phi) is 6.90. The summed E-state index contributed by atoms with van der Waals surface area (Å²) in [5.74, 6) is 0.433. The molecular weight excluding hydrogens is 416 g/mol. The van der Waals surface area contributed by atoms with E-state index in [0.29, 0.717) is 58.7 Å². The Labute approximate surface area is 192 Å². The molecule has 0 aliphatic carbocycles. The number of carbonyl (C=O) groups excluding carboxylic acids is 2. The van der Waals surface area contributed by atoms with Crippen LogP contribution >= 0.6 is 0 Å². The van der Waals surface area contributed by atoms with Crippen LogP contribution in [0.1, 0.15) is 53.0 Å². The summed E-state index contributed by atoms with van der Waals surface area (Å²) in [4.78, 5) is 37.4. The van der Waals surface area contributed by atoms with Crippen LogP contribution in [0.2, 0.25) is 0 Å². The number of carbonyl (C=O) groups is 2. The normalized spacial score (nSPS) is 11.1. The maximum Gasteiger partial charge on any atom is 0.195 e. The number of hydrogen-bond donors (Lipinski definition) is 2. The van der Waals surface area contributed by atoms with Crippen molar-refractivity contribution in [2.24, 2.45) is 0 Å². The van der Waals surface area contributed by atoms with Gasteiger partial charge < -0.3 is 15.0 Å². The van der Waals surface area contributed by atoms with Crippen molar-refractivity contribution < 1.29 is 14.3 Å². The summed E-state index contributed by atoms with van der Waals surface area (Å²) in [5, 5.41) is 3.86. The lowest BCUT2D eigenvalue weighted by Gasteiger charge is -2.10. The van der Waals surface area contributed by atoms with Crippen LogP contribution in [0.25, 0.3) is 11.0 Å². The summed E-state index contributed by atoms with van der Waals surface area (Å²) in [6, 6.07) is 16.4. The fourth-order valence-electron chi connectivity index (χ4n) is 3.58. The summed E-state index contributed by atoms with van der Waals surface area (Å²) in [6.07, 6.45) is 4.34. The molecule has 0 fully saturated rings. The average Bonchev–Trinajstić information content (AvgIpc) is 3.27. The van der Waals surface area contributed by atoms with Crippen LogP contribution < -0.4 is 5.32 Å². The van der Waals surface area contributed by atoms with E-state index in [1.807, 2.05) is 44.2 Å². The number of hydrogen-bond acceptors (Lipinski definition) is 6. The molecule has 0 aliphatic rings. The number of Topliss-reactive ketones (excluding diaryl/α,β-unsaturated/α-hetero) is 1.